The third-order valence-electron chi connectivity index (χ3n) is 2.69. The van der Waals surface area contributed by atoms with Gasteiger partial charge in [0.2, 0.25) is 0 Å². The van der Waals surface area contributed by atoms with Gasteiger partial charge in [-0.2, -0.15) is 0 Å². The Labute approximate surface area is 102 Å². The zero-order valence-electron chi connectivity index (χ0n) is 9.32. The van der Waals surface area contributed by atoms with Gasteiger partial charge < -0.3 is 5.11 Å². The molecule has 3 aromatic heterocycles. The van der Waals surface area contributed by atoms with Crippen LogP contribution in [-0.4, -0.2) is 25.4 Å². The van der Waals surface area contributed by atoms with Gasteiger partial charge in [-0.1, -0.05) is 6.07 Å². The molecule has 0 spiro atoms. The van der Waals surface area contributed by atoms with E-state index in [-0.39, 0.29) is 5.69 Å². The van der Waals surface area contributed by atoms with Crippen LogP contribution in [-0.2, 0) is 0 Å². The SMILES string of the molecule is O=C(O)c1cc(-c2cnc3ccccn23)ccn1. The van der Waals surface area contributed by atoms with Crippen LogP contribution in [0, 0.1) is 0 Å². The van der Waals surface area contributed by atoms with Gasteiger partial charge in [-0.3, -0.25) is 4.40 Å². The van der Waals surface area contributed by atoms with Gasteiger partial charge in [-0.25, -0.2) is 14.8 Å². The third-order valence-corrected chi connectivity index (χ3v) is 2.69. The van der Waals surface area contributed by atoms with Crippen LogP contribution < -0.4 is 0 Å². The van der Waals surface area contributed by atoms with Gasteiger partial charge in [0.05, 0.1) is 11.9 Å². The molecule has 0 saturated carbocycles. The van der Waals surface area contributed by atoms with Crippen LogP contribution in [0.15, 0.2) is 48.9 Å². The summed E-state index contributed by atoms with van der Waals surface area (Å²) in [5, 5.41) is 8.94. The fraction of sp³-hybridized carbons (Fsp3) is 0. The van der Waals surface area contributed by atoms with Crippen LogP contribution >= 0.6 is 0 Å². The van der Waals surface area contributed by atoms with Gasteiger partial charge in [0.15, 0.2) is 0 Å². The summed E-state index contributed by atoms with van der Waals surface area (Å²) in [6, 6.07) is 9.00. The summed E-state index contributed by atoms with van der Waals surface area (Å²) in [6.07, 6.45) is 5.09. The van der Waals surface area contributed by atoms with E-state index in [1.54, 1.807) is 18.3 Å². The molecule has 3 aromatic rings. The van der Waals surface area contributed by atoms with Crippen molar-refractivity contribution in [3.8, 4) is 11.3 Å². The standard InChI is InChI=1S/C13H9N3O2/c17-13(18)10-7-9(4-5-14-10)11-8-15-12-3-1-2-6-16(11)12/h1-8H,(H,17,18). The molecule has 0 aliphatic heterocycles. The number of carboxylic acids is 1. The molecule has 1 N–H and O–H groups in total. The van der Waals surface area contributed by atoms with Crippen molar-refractivity contribution in [3.63, 3.8) is 0 Å². The van der Waals surface area contributed by atoms with E-state index < -0.39 is 5.97 Å². The summed E-state index contributed by atoms with van der Waals surface area (Å²) < 4.78 is 1.90. The van der Waals surface area contributed by atoms with Crippen LogP contribution in [0.2, 0.25) is 0 Å². The number of fused-ring (bicyclic) bond motifs is 1. The number of aromatic carboxylic acids is 1. The monoisotopic (exact) mass is 239 g/mol. The Hall–Kier alpha value is -2.69. The van der Waals surface area contributed by atoms with E-state index in [1.165, 1.54) is 6.20 Å². The molecule has 3 heterocycles. The molecule has 5 heteroatoms. The maximum atomic E-state index is 10.9. The van der Waals surface area contributed by atoms with Gasteiger partial charge in [-0.15, -0.1) is 0 Å². The molecule has 0 fully saturated rings. The maximum absolute atomic E-state index is 10.9. The molecule has 0 radical (unpaired) electrons. The second-order valence-electron chi connectivity index (χ2n) is 3.81. The minimum atomic E-state index is -1.04. The fourth-order valence-electron chi connectivity index (χ4n) is 1.85. The minimum Gasteiger partial charge on any atom is -0.477 e. The molecule has 0 aliphatic rings. The average Bonchev–Trinajstić information content (AvgIpc) is 2.82. The summed E-state index contributed by atoms with van der Waals surface area (Å²) in [4.78, 5) is 19.0. The van der Waals surface area contributed by atoms with E-state index in [0.717, 1.165) is 16.9 Å². The molecule has 0 unspecified atom stereocenters. The van der Waals surface area contributed by atoms with E-state index >= 15 is 0 Å². The first-order chi connectivity index (χ1) is 8.75. The zero-order chi connectivity index (χ0) is 12.5. The summed E-state index contributed by atoms with van der Waals surface area (Å²) in [5.41, 5.74) is 2.47. The smallest absolute Gasteiger partial charge is 0.354 e. The van der Waals surface area contributed by atoms with Gasteiger partial charge in [0.25, 0.3) is 0 Å². The molecular formula is C13H9N3O2. The lowest BCUT2D eigenvalue weighted by atomic mass is 10.2. The lowest BCUT2D eigenvalue weighted by Crippen LogP contribution is -2.00. The molecule has 0 saturated heterocycles. The third kappa shape index (κ3) is 1.62. The minimum absolute atomic E-state index is 0.0263. The molecule has 5 nitrogen and oxygen atoms in total. The van der Waals surface area contributed by atoms with E-state index in [0.29, 0.717) is 0 Å². The van der Waals surface area contributed by atoms with Crippen molar-refractivity contribution in [2.45, 2.75) is 0 Å². The van der Waals surface area contributed by atoms with Gasteiger partial charge >= 0.3 is 5.97 Å². The van der Waals surface area contributed by atoms with Crippen LogP contribution in [0.1, 0.15) is 10.5 Å². The topological polar surface area (TPSA) is 67.5 Å². The van der Waals surface area contributed by atoms with Crippen molar-refractivity contribution >= 4 is 11.6 Å². The van der Waals surface area contributed by atoms with Crippen LogP contribution in [0.25, 0.3) is 16.9 Å². The molecule has 18 heavy (non-hydrogen) atoms. The molecule has 0 atom stereocenters. The molecule has 0 bridgehead atoms. The van der Waals surface area contributed by atoms with Crippen molar-refractivity contribution < 1.29 is 9.90 Å². The number of imidazole rings is 1. The number of aromatic nitrogens is 3. The Balaban J connectivity index is 2.20. The normalized spacial score (nSPS) is 10.7. The summed E-state index contributed by atoms with van der Waals surface area (Å²) >= 11 is 0. The van der Waals surface area contributed by atoms with E-state index in [4.69, 9.17) is 5.11 Å². The predicted octanol–water partition coefficient (Wildman–Crippen LogP) is 2.09. The second-order valence-corrected chi connectivity index (χ2v) is 3.81. The van der Waals surface area contributed by atoms with Gasteiger partial charge in [-0.05, 0) is 24.3 Å². The quantitative estimate of drug-likeness (QED) is 0.743. The number of carbonyl (C=O) groups is 1. The molecule has 3 rings (SSSR count). The summed E-state index contributed by atoms with van der Waals surface area (Å²) in [5.74, 6) is -1.04. The number of hydrogen-bond acceptors (Lipinski definition) is 3. The highest BCUT2D eigenvalue weighted by Gasteiger charge is 2.09. The Bertz CT molecular complexity index is 734. The molecule has 88 valence electrons. The maximum Gasteiger partial charge on any atom is 0.354 e. The highest BCUT2D eigenvalue weighted by Crippen LogP contribution is 2.20. The van der Waals surface area contributed by atoms with Crippen molar-refractivity contribution in [3.05, 3.63) is 54.6 Å². The van der Waals surface area contributed by atoms with Crippen molar-refractivity contribution in [2.24, 2.45) is 0 Å². The summed E-state index contributed by atoms with van der Waals surface area (Å²) in [7, 11) is 0. The van der Waals surface area contributed by atoms with Gasteiger partial charge in [0.1, 0.15) is 11.3 Å². The van der Waals surface area contributed by atoms with Crippen molar-refractivity contribution in [1.82, 2.24) is 14.4 Å². The fourth-order valence-corrected chi connectivity index (χ4v) is 1.85. The first kappa shape index (κ1) is 10.5. The first-order valence-corrected chi connectivity index (χ1v) is 5.37. The lowest BCUT2D eigenvalue weighted by molar-refractivity contribution is 0.0690. The van der Waals surface area contributed by atoms with Gasteiger partial charge in [0, 0.05) is 18.0 Å². The summed E-state index contributed by atoms with van der Waals surface area (Å²) in [6.45, 7) is 0. The molecular weight excluding hydrogens is 230 g/mol. The van der Waals surface area contributed by atoms with Crippen LogP contribution in [0.4, 0.5) is 0 Å². The second kappa shape index (κ2) is 3.96. The largest absolute Gasteiger partial charge is 0.477 e. The Kier molecular flexibility index (Phi) is 2.30. The lowest BCUT2D eigenvalue weighted by Gasteiger charge is -2.02. The molecule has 0 aliphatic carbocycles. The first-order valence-electron chi connectivity index (χ1n) is 5.37. The highest BCUT2D eigenvalue weighted by atomic mass is 16.4. The number of nitrogens with zero attached hydrogens (tertiary/aromatic N) is 3. The molecule has 0 aromatic carbocycles. The predicted molar refractivity (Wildman–Crippen MR) is 65.4 cm³/mol. The highest BCUT2D eigenvalue weighted by molar-refractivity contribution is 5.87. The Morgan fingerprint density at radius 1 is 1.22 bits per heavy atom. The van der Waals surface area contributed by atoms with Crippen molar-refractivity contribution in [1.29, 1.82) is 0 Å². The van der Waals surface area contributed by atoms with Crippen LogP contribution in [0.5, 0.6) is 0 Å². The van der Waals surface area contributed by atoms with E-state index in [9.17, 15) is 4.79 Å². The average molecular weight is 239 g/mol. The Morgan fingerprint density at radius 2 is 2.11 bits per heavy atom. The number of hydrogen-bond donors (Lipinski definition) is 1. The van der Waals surface area contributed by atoms with E-state index in [1.807, 2.05) is 28.8 Å². The van der Waals surface area contributed by atoms with Crippen molar-refractivity contribution in [2.75, 3.05) is 0 Å². The zero-order valence-corrected chi connectivity index (χ0v) is 9.32. The Morgan fingerprint density at radius 3 is 2.94 bits per heavy atom. The number of carboxylic acid groups (broad SMARTS) is 1. The van der Waals surface area contributed by atoms with E-state index in [2.05, 4.69) is 9.97 Å². The molecule has 0 amide bonds. The van der Waals surface area contributed by atoms with Crippen LogP contribution in [0.3, 0.4) is 0 Å². The number of rotatable bonds is 2. The number of pyridine rings is 2.